The molecule has 0 N–H and O–H groups in total. The molecule has 2 heterocycles. The van der Waals surface area contributed by atoms with Crippen LogP contribution in [-0.2, 0) is 10.8 Å². The van der Waals surface area contributed by atoms with Crippen LogP contribution in [0.25, 0.3) is 78.4 Å². The quantitative estimate of drug-likeness (QED) is 0.179. The van der Waals surface area contributed by atoms with E-state index >= 15 is 0 Å². The van der Waals surface area contributed by atoms with Crippen molar-refractivity contribution in [1.29, 1.82) is 0 Å². The monoisotopic (exact) mass is 755 g/mol. The fourth-order valence-electron chi connectivity index (χ4n) is 10.3. The molecule has 8 aromatic carbocycles. The standard InChI is InChI=1S/C55H37N3O/c1-54(2)44-28-13-14-29-45(44)55(42-26-11-9-23-38(42)39-24-10-12-27-43(39)55)46-32-31-40-48-41(25-16-30-47(48)59-50(40)49(46)54)53-57-51(35-19-7-4-8-20-35)56-52(58-53)37-22-15-21-36(33-37)34-17-5-3-6-18-34/h3-33H,1-2H3. The molecule has 0 bridgehead atoms. The van der Waals surface area contributed by atoms with Crippen LogP contribution < -0.4 is 0 Å². The van der Waals surface area contributed by atoms with E-state index in [0.717, 1.165) is 49.8 Å². The van der Waals surface area contributed by atoms with Gasteiger partial charge in [-0.1, -0.05) is 190 Å². The first-order valence-electron chi connectivity index (χ1n) is 20.3. The molecule has 1 spiro atoms. The van der Waals surface area contributed by atoms with Crippen molar-refractivity contribution >= 4 is 21.9 Å². The Morgan fingerprint density at radius 3 is 1.63 bits per heavy atom. The van der Waals surface area contributed by atoms with Gasteiger partial charge < -0.3 is 4.42 Å². The minimum atomic E-state index is -0.507. The van der Waals surface area contributed by atoms with Crippen LogP contribution in [0, 0.1) is 0 Å². The average Bonchev–Trinajstić information content (AvgIpc) is 3.83. The van der Waals surface area contributed by atoms with E-state index in [4.69, 9.17) is 19.4 Å². The van der Waals surface area contributed by atoms with Crippen LogP contribution in [0.2, 0.25) is 0 Å². The molecule has 12 rings (SSSR count). The Morgan fingerprint density at radius 1 is 0.390 bits per heavy atom. The second-order valence-electron chi connectivity index (χ2n) is 16.3. The van der Waals surface area contributed by atoms with Crippen molar-refractivity contribution < 1.29 is 4.42 Å². The molecule has 2 aromatic heterocycles. The summed E-state index contributed by atoms with van der Waals surface area (Å²) in [5, 5.41) is 2.04. The van der Waals surface area contributed by atoms with Crippen molar-refractivity contribution in [3.63, 3.8) is 0 Å². The molecule has 2 aliphatic rings. The number of hydrogen-bond acceptors (Lipinski definition) is 4. The Kier molecular flexibility index (Phi) is 7.16. The number of rotatable bonds is 4. The lowest BCUT2D eigenvalue weighted by atomic mass is 9.55. The smallest absolute Gasteiger partial charge is 0.164 e. The fraction of sp³-hybridized carbons (Fsp3) is 0.0727. The average molecular weight is 756 g/mol. The normalized spacial score (nSPS) is 14.2. The lowest BCUT2D eigenvalue weighted by molar-refractivity contribution is 0.551. The largest absolute Gasteiger partial charge is 0.456 e. The summed E-state index contributed by atoms with van der Waals surface area (Å²) in [6, 6.07) is 66.9. The second kappa shape index (κ2) is 12.5. The minimum absolute atomic E-state index is 0.373. The van der Waals surface area contributed by atoms with Gasteiger partial charge in [-0.3, -0.25) is 0 Å². The molecule has 0 amide bonds. The summed E-state index contributed by atoms with van der Waals surface area (Å²) in [7, 11) is 0. The number of benzene rings is 8. The summed E-state index contributed by atoms with van der Waals surface area (Å²) in [6.07, 6.45) is 0. The molecule has 278 valence electrons. The van der Waals surface area contributed by atoms with E-state index < -0.39 is 5.41 Å². The van der Waals surface area contributed by atoms with E-state index in [9.17, 15) is 0 Å². The van der Waals surface area contributed by atoms with Gasteiger partial charge in [-0.2, -0.15) is 0 Å². The molecule has 0 unspecified atom stereocenters. The summed E-state index contributed by atoms with van der Waals surface area (Å²) in [6.45, 7) is 4.71. The maximum atomic E-state index is 7.17. The third-order valence-electron chi connectivity index (χ3n) is 12.8. The van der Waals surface area contributed by atoms with Crippen LogP contribution in [0.1, 0.15) is 47.2 Å². The third kappa shape index (κ3) is 4.74. The highest BCUT2D eigenvalue weighted by molar-refractivity contribution is 6.13. The Bertz CT molecular complexity index is 3260. The molecule has 0 saturated heterocycles. The van der Waals surface area contributed by atoms with Gasteiger partial charge in [-0.15, -0.1) is 0 Å². The van der Waals surface area contributed by atoms with Gasteiger partial charge in [0.1, 0.15) is 11.2 Å². The first-order valence-corrected chi connectivity index (χ1v) is 20.3. The van der Waals surface area contributed by atoms with Crippen molar-refractivity contribution in [2.75, 3.05) is 0 Å². The number of nitrogens with zero attached hydrogens (tertiary/aromatic N) is 3. The molecule has 0 atom stereocenters. The van der Waals surface area contributed by atoms with Crippen molar-refractivity contribution in [2.45, 2.75) is 24.7 Å². The topological polar surface area (TPSA) is 51.8 Å². The first-order chi connectivity index (χ1) is 29.0. The van der Waals surface area contributed by atoms with Crippen LogP contribution in [-0.4, -0.2) is 15.0 Å². The summed E-state index contributed by atoms with van der Waals surface area (Å²) in [5.41, 5.74) is 16.1. The van der Waals surface area contributed by atoms with Crippen molar-refractivity contribution in [3.8, 4) is 56.4 Å². The second-order valence-corrected chi connectivity index (χ2v) is 16.3. The van der Waals surface area contributed by atoms with Crippen LogP contribution >= 0.6 is 0 Å². The molecule has 59 heavy (non-hydrogen) atoms. The van der Waals surface area contributed by atoms with Gasteiger partial charge in [0.2, 0.25) is 0 Å². The molecular formula is C55H37N3O. The van der Waals surface area contributed by atoms with E-state index in [1.807, 2.05) is 24.3 Å². The summed E-state index contributed by atoms with van der Waals surface area (Å²) in [4.78, 5) is 15.6. The summed E-state index contributed by atoms with van der Waals surface area (Å²) in [5.74, 6) is 1.84. The van der Waals surface area contributed by atoms with E-state index in [2.05, 4.69) is 178 Å². The highest BCUT2D eigenvalue weighted by Gasteiger charge is 2.54. The molecule has 0 aliphatic heterocycles. The number of hydrogen-bond donors (Lipinski definition) is 0. The zero-order chi connectivity index (χ0) is 39.3. The zero-order valence-corrected chi connectivity index (χ0v) is 32.6. The third-order valence-corrected chi connectivity index (χ3v) is 12.8. The van der Waals surface area contributed by atoms with E-state index in [1.165, 1.54) is 44.5 Å². The Hall–Kier alpha value is -7.43. The Labute approximate surface area is 342 Å². The van der Waals surface area contributed by atoms with Gasteiger partial charge in [0.15, 0.2) is 17.5 Å². The van der Waals surface area contributed by atoms with Crippen molar-refractivity contribution in [1.82, 2.24) is 15.0 Å². The van der Waals surface area contributed by atoms with Gasteiger partial charge in [0.25, 0.3) is 0 Å². The molecule has 0 fully saturated rings. The highest BCUT2D eigenvalue weighted by atomic mass is 16.3. The maximum absolute atomic E-state index is 7.17. The number of furan rings is 1. The van der Waals surface area contributed by atoms with Crippen LogP contribution in [0.3, 0.4) is 0 Å². The highest BCUT2D eigenvalue weighted by Crippen LogP contribution is 2.63. The fourth-order valence-corrected chi connectivity index (χ4v) is 10.3. The Balaban J connectivity index is 1.13. The van der Waals surface area contributed by atoms with Gasteiger partial charge in [0.05, 0.1) is 5.41 Å². The Morgan fingerprint density at radius 2 is 0.915 bits per heavy atom. The predicted octanol–water partition coefficient (Wildman–Crippen LogP) is 13.4. The van der Waals surface area contributed by atoms with E-state index in [1.54, 1.807) is 0 Å². The van der Waals surface area contributed by atoms with Gasteiger partial charge in [-0.25, -0.2) is 15.0 Å². The van der Waals surface area contributed by atoms with Crippen LogP contribution in [0.15, 0.2) is 192 Å². The summed E-state index contributed by atoms with van der Waals surface area (Å²) >= 11 is 0. The number of fused-ring (bicyclic) bond motifs is 13. The summed E-state index contributed by atoms with van der Waals surface area (Å²) < 4.78 is 7.17. The minimum Gasteiger partial charge on any atom is -0.456 e. The van der Waals surface area contributed by atoms with Crippen LogP contribution in [0.5, 0.6) is 0 Å². The number of aromatic nitrogens is 3. The predicted molar refractivity (Wildman–Crippen MR) is 238 cm³/mol. The first kappa shape index (κ1) is 33.7. The lowest BCUT2D eigenvalue weighted by Crippen LogP contribution is -2.40. The SMILES string of the molecule is CC1(C)c2ccccc2C2(c3ccccc3-c3ccccc32)c2ccc3c(oc4cccc(-c5nc(-c6ccccc6)nc(-c6cccc(-c7ccccc7)c6)n5)c43)c21. The molecule has 0 radical (unpaired) electrons. The van der Waals surface area contributed by atoms with E-state index in [-0.39, 0.29) is 5.41 Å². The van der Waals surface area contributed by atoms with Crippen molar-refractivity contribution in [3.05, 3.63) is 221 Å². The maximum Gasteiger partial charge on any atom is 0.164 e. The lowest BCUT2D eigenvalue weighted by Gasteiger charge is -2.46. The van der Waals surface area contributed by atoms with Gasteiger partial charge in [0, 0.05) is 38.4 Å². The van der Waals surface area contributed by atoms with E-state index in [0.29, 0.717) is 17.5 Å². The van der Waals surface area contributed by atoms with Gasteiger partial charge in [-0.05, 0) is 62.2 Å². The molecule has 4 heteroatoms. The molecular weight excluding hydrogens is 719 g/mol. The van der Waals surface area contributed by atoms with Crippen LogP contribution in [0.4, 0.5) is 0 Å². The molecule has 2 aliphatic carbocycles. The van der Waals surface area contributed by atoms with Gasteiger partial charge >= 0.3 is 0 Å². The molecule has 4 nitrogen and oxygen atoms in total. The van der Waals surface area contributed by atoms with Crippen molar-refractivity contribution in [2.24, 2.45) is 0 Å². The molecule has 10 aromatic rings. The zero-order valence-electron chi connectivity index (χ0n) is 32.6. The molecule has 0 saturated carbocycles.